The monoisotopic (exact) mass is 355 g/mol. The van der Waals surface area contributed by atoms with Gasteiger partial charge in [0.05, 0.1) is 10.2 Å². The predicted octanol–water partition coefficient (Wildman–Crippen LogP) is 4.74. The van der Waals surface area contributed by atoms with Gasteiger partial charge in [-0.25, -0.2) is 4.79 Å². The van der Waals surface area contributed by atoms with E-state index in [2.05, 4.69) is 21.2 Å². The highest BCUT2D eigenvalue weighted by molar-refractivity contribution is 9.10. The molecule has 1 aliphatic heterocycles. The van der Waals surface area contributed by atoms with E-state index in [4.69, 9.17) is 9.47 Å². The van der Waals surface area contributed by atoms with Crippen LogP contribution in [0, 0.1) is 13.8 Å². The molecular weight excluding hydrogens is 334 g/mol. The van der Waals surface area contributed by atoms with Crippen molar-refractivity contribution in [3.63, 3.8) is 0 Å². The molecule has 1 N–H and O–H groups in total. The first kappa shape index (κ1) is 16.1. The first-order valence-corrected chi connectivity index (χ1v) is 7.87. The second-order valence-corrected chi connectivity index (χ2v) is 7.30. The van der Waals surface area contributed by atoms with Crippen LogP contribution in [0.2, 0.25) is 0 Å². The summed E-state index contributed by atoms with van der Waals surface area (Å²) in [5.74, 6) is 0.896. The summed E-state index contributed by atoms with van der Waals surface area (Å²) in [6.07, 6.45) is 0.571. The van der Waals surface area contributed by atoms with Crippen molar-refractivity contribution in [2.24, 2.45) is 0 Å². The van der Waals surface area contributed by atoms with Gasteiger partial charge in [-0.15, -0.1) is 0 Å². The maximum Gasteiger partial charge on any atom is 0.412 e. The van der Waals surface area contributed by atoms with E-state index in [1.54, 1.807) is 0 Å². The van der Waals surface area contributed by atoms with E-state index in [-0.39, 0.29) is 6.10 Å². The zero-order valence-corrected chi connectivity index (χ0v) is 15.0. The van der Waals surface area contributed by atoms with Gasteiger partial charge in [0.15, 0.2) is 0 Å². The van der Waals surface area contributed by atoms with Crippen LogP contribution in [0.1, 0.15) is 44.4 Å². The zero-order chi connectivity index (χ0) is 15.9. The molecule has 4 nitrogen and oxygen atoms in total. The van der Waals surface area contributed by atoms with Crippen LogP contribution in [0.5, 0.6) is 5.75 Å². The number of ether oxygens (including phenoxy) is 2. The number of halogens is 1. The van der Waals surface area contributed by atoms with Crippen LogP contribution in [-0.4, -0.2) is 17.8 Å². The van der Waals surface area contributed by atoms with Gasteiger partial charge in [-0.3, -0.25) is 5.32 Å². The number of anilines is 1. The fourth-order valence-electron chi connectivity index (χ4n) is 2.51. The number of hydrogen-bond acceptors (Lipinski definition) is 3. The van der Waals surface area contributed by atoms with Crippen LogP contribution in [0.4, 0.5) is 10.5 Å². The molecule has 1 heterocycles. The first-order chi connectivity index (χ1) is 9.60. The smallest absolute Gasteiger partial charge is 0.412 e. The van der Waals surface area contributed by atoms with Gasteiger partial charge < -0.3 is 9.47 Å². The van der Waals surface area contributed by atoms with Gasteiger partial charge in [0, 0.05) is 12.0 Å². The average molecular weight is 356 g/mol. The van der Waals surface area contributed by atoms with Gasteiger partial charge in [0.1, 0.15) is 17.5 Å². The SMILES string of the molecule is Cc1c(Br)c2c(c(C)c1NC(=O)OC(C)(C)C)CC(C)O2. The number of fused-ring (bicyclic) bond motifs is 1. The summed E-state index contributed by atoms with van der Waals surface area (Å²) in [6.45, 7) is 11.5. The van der Waals surface area contributed by atoms with Crippen molar-refractivity contribution in [3.8, 4) is 5.75 Å². The molecule has 0 bridgehead atoms. The Balaban J connectivity index is 2.36. The topological polar surface area (TPSA) is 47.6 Å². The first-order valence-electron chi connectivity index (χ1n) is 7.08. The van der Waals surface area contributed by atoms with E-state index >= 15 is 0 Å². The number of rotatable bonds is 1. The largest absolute Gasteiger partial charge is 0.489 e. The molecule has 0 radical (unpaired) electrons. The Bertz CT molecular complexity index is 590. The molecule has 1 aliphatic rings. The second-order valence-electron chi connectivity index (χ2n) is 6.51. The van der Waals surface area contributed by atoms with Crippen molar-refractivity contribution >= 4 is 27.7 Å². The van der Waals surface area contributed by atoms with E-state index < -0.39 is 11.7 Å². The Labute approximate surface area is 134 Å². The Morgan fingerprint density at radius 2 is 1.95 bits per heavy atom. The van der Waals surface area contributed by atoms with Gasteiger partial charge in [-0.2, -0.15) is 0 Å². The normalized spacial score (nSPS) is 17.2. The van der Waals surface area contributed by atoms with Crippen molar-refractivity contribution in [2.75, 3.05) is 5.32 Å². The van der Waals surface area contributed by atoms with Crippen LogP contribution in [0.25, 0.3) is 0 Å². The molecule has 2 rings (SSSR count). The van der Waals surface area contributed by atoms with E-state index in [9.17, 15) is 4.79 Å². The van der Waals surface area contributed by atoms with Crippen molar-refractivity contribution in [3.05, 3.63) is 21.2 Å². The van der Waals surface area contributed by atoms with Gasteiger partial charge in [-0.1, -0.05) is 0 Å². The summed E-state index contributed by atoms with van der Waals surface area (Å²) in [6, 6.07) is 0. The molecule has 0 spiro atoms. The highest BCUT2D eigenvalue weighted by Crippen LogP contribution is 2.44. The Morgan fingerprint density at radius 3 is 2.52 bits per heavy atom. The lowest BCUT2D eigenvalue weighted by Crippen LogP contribution is -2.27. The third-order valence-electron chi connectivity index (χ3n) is 3.44. The second kappa shape index (κ2) is 5.52. The number of hydrogen-bond donors (Lipinski definition) is 1. The van der Waals surface area contributed by atoms with Crippen molar-refractivity contribution < 1.29 is 14.3 Å². The molecule has 1 atom stereocenters. The quantitative estimate of drug-likeness (QED) is 0.791. The fourth-order valence-corrected chi connectivity index (χ4v) is 3.04. The van der Waals surface area contributed by atoms with Crippen LogP contribution in [-0.2, 0) is 11.2 Å². The third kappa shape index (κ3) is 3.34. The molecular formula is C16H22BrNO3. The summed E-state index contributed by atoms with van der Waals surface area (Å²) in [5.41, 5.74) is 3.42. The minimum atomic E-state index is -0.516. The Hall–Kier alpha value is -1.23. The molecule has 0 aliphatic carbocycles. The van der Waals surface area contributed by atoms with Crippen LogP contribution >= 0.6 is 15.9 Å². The number of carbonyl (C=O) groups is 1. The van der Waals surface area contributed by atoms with Gasteiger partial charge in [0.2, 0.25) is 0 Å². The standard InChI is InChI=1S/C16H22BrNO3/c1-8-7-11-9(2)13(10(3)12(17)14(11)20-8)18-15(19)21-16(4,5)6/h8H,7H2,1-6H3,(H,18,19). The maximum absolute atomic E-state index is 12.0. The molecule has 0 fully saturated rings. The molecule has 116 valence electrons. The van der Waals surface area contributed by atoms with E-state index in [0.29, 0.717) is 0 Å². The lowest BCUT2D eigenvalue weighted by molar-refractivity contribution is 0.0635. The van der Waals surface area contributed by atoms with Crippen molar-refractivity contribution in [1.29, 1.82) is 0 Å². The lowest BCUT2D eigenvalue weighted by atomic mass is 9.99. The molecule has 5 heteroatoms. The van der Waals surface area contributed by atoms with Crippen molar-refractivity contribution in [2.45, 2.75) is 59.7 Å². The summed E-state index contributed by atoms with van der Waals surface area (Å²) >= 11 is 3.58. The van der Waals surface area contributed by atoms with E-state index in [1.807, 2.05) is 41.5 Å². The van der Waals surface area contributed by atoms with Crippen LogP contribution < -0.4 is 10.1 Å². The molecule has 0 saturated heterocycles. The Morgan fingerprint density at radius 1 is 1.33 bits per heavy atom. The number of nitrogens with one attached hydrogen (secondary N) is 1. The van der Waals surface area contributed by atoms with E-state index in [1.165, 1.54) is 0 Å². The maximum atomic E-state index is 12.0. The summed E-state index contributed by atoms with van der Waals surface area (Å²) in [4.78, 5) is 12.0. The average Bonchev–Trinajstić information content (AvgIpc) is 2.72. The minimum Gasteiger partial charge on any atom is -0.489 e. The van der Waals surface area contributed by atoms with Gasteiger partial charge >= 0.3 is 6.09 Å². The highest BCUT2D eigenvalue weighted by Gasteiger charge is 2.28. The number of amides is 1. The van der Waals surface area contributed by atoms with Crippen molar-refractivity contribution in [1.82, 2.24) is 0 Å². The van der Waals surface area contributed by atoms with Crippen LogP contribution in [0.15, 0.2) is 4.47 Å². The summed E-state index contributed by atoms with van der Waals surface area (Å²) < 4.78 is 12.1. The fraction of sp³-hybridized carbons (Fsp3) is 0.562. The van der Waals surface area contributed by atoms with Crippen LogP contribution in [0.3, 0.4) is 0 Å². The number of carbonyl (C=O) groups excluding carboxylic acids is 1. The number of benzene rings is 1. The minimum absolute atomic E-state index is 0.158. The van der Waals surface area contributed by atoms with Gasteiger partial charge in [0.25, 0.3) is 0 Å². The zero-order valence-electron chi connectivity index (χ0n) is 13.4. The highest BCUT2D eigenvalue weighted by atomic mass is 79.9. The molecule has 0 aromatic heterocycles. The Kier molecular flexibility index (Phi) is 4.24. The molecule has 1 amide bonds. The molecule has 21 heavy (non-hydrogen) atoms. The lowest BCUT2D eigenvalue weighted by Gasteiger charge is -2.22. The third-order valence-corrected chi connectivity index (χ3v) is 4.40. The molecule has 1 aromatic carbocycles. The molecule has 0 saturated carbocycles. The predicted molar refractivity (Wildman–Crippen MR) is 87.3 cm³/mol. The molecule has 1 unspecified atom stereocenters. The summed E-state index contributed by atoms with van der Waals surface area (Å²) in [7, 11) is 0. The van der Waals surface area contributed by atoms with Gasteiger partial charge in [-0.05, 0) is 68.6 Å². The summed E-state index contributed by atoms with van der Waals surface area (Å²) in [5, 5.41) is 2.87. The van der Waals surface area contributed by atoms with E-state index in [0.717, 1.165) is 39.0 Å². The molecule has 1 aromatic rings.